The highest BCUT2D eigenvalue weighted by atomic mass is 16.6. The fourth-order valence-electron chi connectivity index (χ4n) is 2.02. The average Bonchev–Trinajstić information content (AvgIpc) is 2.59. The van der Waals surface area contributed by atoms with Gasteiger partial charge in [-0.2, -0.15) is 0 Å². The zero-order valence-corrected chi connectivity index (χ0v) is 12.8. The number of hydrogen-bond acceptors (Lipinski definition) is 4. The minimum atomic E-state index is -0.354. The van der Waals surface area contributed by atoms with Gasteiger partial charge in [0.25, 0.3) is 0 Å². The summed E-state index contributed by atoms with van der Waals surface area (Å²) >= 11 is 0. The summed E-state index contributed by atoms with van der Waals surface area (Å²) in [5.74, 6) is -0.694. The van der Waals surface area contributed by atoms with E-state index in [4.69, 9.17) is 9.47 Å². The van der Waals surface area contributed by atoms with Crippen LogP contribution in [0.25, 0.3) is 0 Å². The Morgan fingerprint density at radius 3 is 2.09 bits per heavy atom. The Kier molecular flexibility index (Phi) is 6.85. The molecule has 0 saturated carbocycles. The molecule has 4 heteroatoms. The van der Waals surface area contributed by atoms with Gasteiger partial charge in [-0.05, 0) is 17.5 Å². The van der Waals surface area contributed by atoms with Crippen molar-refractivity contribution in [3.05, 3.63) is 78.4 Å². The molecule has 0 N–H and O–H groups in total. The molecule has 2 rings (SSSR count). The van der Waals surface area contributed by atoms with Gasteiger partial charge in [0, 0.05) is 6.42 Å². The summed E-state index contributed by atoms with van der Waals surface area (Å²) in [5, 5.41) is 0. The zero-order valence-electron chi connectivity index (χ0n) is 12.8. The molecule has 0 spiro atoms. The molecule has 0 atom stereocenters. The molecule has 4 nitrogen and oxygen atoms in total. The van der Waals surface area contributed by atoms with E-state index in [-0.39, 0.29) is 25.0 Å². The van der Waals surface area contributed by atoms with Crippen LogP contribution in [-0.2, 0) is 31.9 Å². The maximum Gasteiger partial charge on any atom is 0.310 e. The fourth-order valence-corrected chi connectivity index (χ4v) is 2.02. The molecule has 2 aromatic carbocycles. The highest BCUT2D eigenvalue weighted by molar-refractivity contribution is 5.72. The van der Waals surface area contributed by atoms with Gasteiger partial charge in [-0.25, -0.2) is 0 Å². The third-order valence-corrected chi connectivity index (χ3v) is 3.18. The SMILES string of the molecule is O=C(CCc1ccccc1)O[CH]COC(=O)Cc1ccccc1. The molecule has 119 valence electrons. The van der Waals surface area contributed by atoms with Crippen LogP contribution in [0.4, 0.5) is 0 Å². The molecule has 23 heavy (non-hydrogen) atoms. The maximum absolute atomic E-state index is 11.6. The number of rotatable bonds is 8. The Bertz CT molecular complexity index is 608. The molecule has 1 radical (unpaired) electrons. The molecule has 0 saturated heterocycles. The van der Waals surface area contributed by atoms with E-state index in [0.29, 0.717) is 12.8 Å². The van der Waals surface area contributed by atoms with Crippen molar-refractivity contribution >= 4 is 11.9 Å². The van der Waals surface area contributed by atoms with E-state index < -0.39 is 0 Å². The third kappa shape index (κ3) is 6.78. The Labute approximate surface area is 136 Å². The average molecular weight is 311 g/mol. The Balaban J connectivity index is 1.56. The van der Waals surface area contributed by atoms with Gasteiger partial charge >= 0.3 is 11.9 Å². The summed E-state index contributed by atoms with van der Waals surface area (Å²) in [5.41, 5.74) is 1.97. The summed E-state index contributed by atoms with van der Waals surface area (Å²) in [7, 11) is 0. The summed E-state index contributed by atoms with van der Waals surface area (Å²) in [6, 6.07) is 19.0. The smallest absolute Gasteiger partial charge is 0.310 e. The first-order valence-corrected chi connectivity index (χ1v) is 7.48. The summed E-state index contributed by atoms with van der Waals surface area (Å²) < 4.78 is 9.91. The van der Waals surface area contributed by atoms with Crippen LogP contribution in [0, 0.1) is 6.61 Å². The van der Waals surface area contributed by atoms with Gasteiger partial charge in [0.1, 0.15) is 6.61 Å². The Morgan fingerprint density at radius 1 is 0.826 bits per heavy atom. The van der Waals surface area contributed by atoms with Crippen LogP contribution in [0.1, 0.15) is 17.5 Å². The minimum Gasteiger partial charge on any atom is -0.461 e. The molecule has 0 aliphatic carbocycles. The largest absolute Gasteiger partial charge is 0.461 e. The van der Waals surface area contributed by atoms with Crippen LogP contribution in [0.15, 0.2) is 60.7 Å². The van der Waals surface area contributed by atoms with Crippen molar-refractivity contribution in [2.45, 2.75) is 19.3 Å². The Morgan fingerprint density at radius 2 is 1.43 bits per heavy atom. The van der Waals surface area contributed by atoms with Crippen LogP contribution in [0.5, 0.6) is 0 Å². The highest BCUT2D eigenvalue weighted by Gasteiger charge is 2.07. The summed E-state index contributed by atoms with van der Waals surface area (Å²) in [6.45, 7) is 1.18. The summed E-state index contributed by atoms with van der Waals surface area (Å²) in [4.78, 5) is 23.1. The van der Waals surface area contributed by atoms with Gasteiger partial charge in [0.15, 0.2) is 6.61 Å². The fraction of sp³-hybridized carbons (Fsp3) is 0.211. The molecule has 0 bridgehead atoms. The predicted molar refractivity (Wildman–Crippen MR) is 86.3 cm³/mol. The van der Waals surface area contributed by atoms with Crippen LogP contribution >= 0.6 is 0 Å². The molecule has 0 aromatic heterocycles. The van der Waals surface area contributed by atoms with E-state index in [2.05, 4.69) is 0 Å². The second-order valence-corrected chi connectivity index (χ2v) is 4.99. The van der Waals surface area contributed by atoms with E-state index in [1.54, 1.807) is 0 Å². The van der Waals surface area contributed by atoms with Crippen LogP contribution in [0.2, 0.25) is 0 Å². The van der Waals surface area contributed by atoms with Crippen molar-refractivity contribution in [1.29, 1.82) is 0 Å². The maximum atomic E-state index is 11.6. The van der Waals surface area contributed by atoms with Crippen molar-refractivity contribution in [1.82, 2.24) is 0 Å². The first-order chi connectivity index (χ1) is 11.2. The minimum absolute atomic E-state index is 0.0389. The number of ether oxygens (including phenoxy) is 2. The van der Waals surface area contributed by atoms with Crippen molar-refractivity contribution in [2.75, 3.05) is 6.61 Å². The molecular formula is C19H19O4. The summed E-state index contributed by atoms with van der Waals surface area (Å²) in [6.07, 6.45) is 1.12. The lowest BCUT2D eigenvalue weighted by atomic mass is 10.1. The number of carbonyl (C=O) groups excluding carboxylic acids is 2. The number of hydrogen-bond donors (Lipinski definition) is 0. The van der Waals surface area contributed by atoms with Gasteiger partial charge in [-0.1, -0.05) is 60.7 Å². The van der Waals surface area contributed by atoms with Gasteiger partial charge in [0.2, 0.25) is 0 Å². The monoisotopic (exact) mass is 311 g/mol. The topological polar surface area (TPSA) is 52.6 Å². The van der Waals surface area contributed by atoms with Crippen molar-refractivity contribution < 1.29 is 19.1 Å². The van der Waals surface area contributed by atoms with Crippen LogP contribution in [0.3, 0.4) is 0 Å². The first kappa shape index (κ1) is 16.7. The molecule has 0 unspecified atom stereocenters. The third-order valence-electron chi connectivity index (χ3n) is 3.18. The standard InChI is InChI=1S/C19H19O4/c20-18(12-11-16-7-3-1-4-8-16)22-13-14-23-19(21)15-17-9-5-2-6-10-17/h1-10,13H,11-12,14-15H2. The predicted octanol–water partition coefficient (Wildman–Crippen LogP) is 3.11. The van der Waals surface area contributed by atoms with Crippen LogP contribution < -0.4 is 0 Å². The van der Waals surface area contributed by atoms with Gasteiger partial charge in [0.05, 0.1) is 6.42 Å². The van der Waals surface area contributed by atoms with E-state index in [0.717, 1.165) is 11.1 Å². The molecule has 0 aliphatic heterocycles. The number of benzene rings is 2. The zero-order chi connectivity index (χ0) is 16.3. The molecule has 0 fully saturated rings. The van der Waals surface area contributed by atoms with Crippen molar-refractivity contribution in [3.8, 4) is 0 Å². The number of aryl methyl sites for hydroxylation is 1. The lowest BCUT2D eigenvalue weighted by Crippen LogP contribution is -2.12. The van der Waals surface area contributed by atoms with E-state index in [9.17, 15) is 9.59 Å². The lowest BCUT2D eigenvalue weighted by Gasteiger charge is -2.06. The lowest BCUT2D eigenvalue weighted by molar-refractivity contribution is -0.147. The highest BCUT2D eigenvalue weighted by Crippen LogP contribution is 2.04. The molecule has 0 amide bonds. The first-order valence-electron chi connectivity index (χ1n) is 7.48. The van der Waals surface area contributed by atoms with Crippen LogP contribution in [-0.4, -0.2) is 18.5 Å². The molecular weight excluding hydrogens is 292 g/mol. The second kappa shape index (κ2) is 9.41. The molecule has 0 heterocycles. The number of esters is 2. The quantitative estimate of drug-likeness (QED) is 0.555. The van der Waals surface area contributed by atoms with Gasteiger partial charge in [-0.15, -0.1) is 0 Å². The second-order valence-electron chi connectivity index (χ2n) is 4.99. The molecule has 0 aliphatic rings. The van der Waals surface area contributed by atoms with Crippen molar-refractivity contribution in [3.63, 3.8) is 0 Å². The van der Waals surface area contributed by atoms with E-state index >= 15 is 0 Å². The van der Waals surface area contributed by atoms with Crippen molar-refractivity contribution in [2.24, 2.45) is 0 Å². The molecule has 2 aromatic rings. The van der Waals surface area contributed by atoms with Gasteiger partial charge in [-0.3, -0.25) is 9.59 Å². The van der Waals surface area contributed by atoms with E-state index in [1.807, 2.05) is 60.7 Å². The van der Waals surface area contributed by atoms with Gasteiger partial charge < -0.3 is 9.47 Å². The Hall–Kier alpha value is -2.62. The normalized spacial score (nSPS) is 10.1. The number of carbonyl (C=O) groups is 2. The van der Waals surface area contributed by atoms with E-state index in [1.165, 1.54) is 6.61 Å².